The highest BCUT2D eigenvalue weighted by Crippen LogP contribution is 2.37. The number of hydrogen-bond acceptors (Lipinski definition) is 3. The maximum absolute atomic E-state index is 9.93. The highest BCUT2D eigenvalue weighted by atomic mass is 16.3. The number of aliphatic hydroxyl groups is 3. The van der Waals surface area contributed by atoms with Crippen molar-refractivity contribution in [2.75, 3.05) is 0 Å². The van der Waals surface area contributed by atoms with Crippen LogP contribution in [0.25, 0.3) is 0 Å². The van der Waals surface area contributed by atoms with Gasteiger partial charge in [0.25, 0.3) is 0 Å². The van der Waals surface area contributed by atoms with Crippen molar-refractivity contribution in [2.45, 2.75) is 70.7 Å². The SMILES string of the molecule is CC(CC=CC(C)(C)O)C1CCC(C)(O)C(O)C1. The lowest BCUT2D eigenvalue weighted by atomic mass is 9.72. The first-order chi connectivity index (χ1) is 8.12. The van der Waals surface area contributed by atoms with Gasteiger partial charge in [-0.25, -0.2) is 0 Å². The minimum atomic E-state index is -0.918. The molecule has 0 aromatic rings. The third-order valence-corrected chi connectivity index (χ3v) is 4.10. The fourth-order valence-corrected chi connectivity index (χ4v) is 2.58. The summed E-state index contributed by atoms with van der Waals surface area (Å²) < 4.78 is 0. The molecule has 0 radical (unpaired) electrons. The molecule has 0 spiro atoms. The first-order valence-electron chi connectivity index (χ1n) is 6.92. The summed E-state index contributed by atoms with van der Waals surface area (Å²) in [5, 5.41) is 29.4. The molecule has 1 aliphatic carbocycles. The van der Waals surface area contributed by atoms with Crippen molar-refractivity contribution < 1.29 is 15.3 Å². The van der Waals surface area contributed by atoms with Crippen LogP contribution < -0.4 is 0 Å². The van der Waals surface area contributed by atoms with E-state index in [0.717, 1.165) is 12.8 Å². The second-order valence-corrected chi connectivity index (χ2v) is 6.68. The minimum Gasteiger partial charge on any atom is -0.390 e. The van der Waals surface area contributed by atoms with Crippen LogP contribution in [-0.2, 0) is 0 Å². The predicted molar refractivity (Wildman–Crippen MR) is 73.2 cm³/mol. The standard InChI is InChI=1S/C15H28O3/c1-11(6-5-8-14(2,3)17)12-7-9-15(4,18)13(16)10-12/h5,8,11-13,16-18H,6-7,9-10H2,1-4H3. The van der Waals surface area contributed by atoms with Gasteiger partial charge < -0.3 is 15.3 Å². The van der Waals surface area contributed by atoms with Crippen LogP contribution in [0.2, 0.25) is 0 Å². The Labute approximate surface area is 111 Å². The Bertz CT molecular complexity index is 289. The van der Waals surface area contributed by atoms with Crippen LogP contribution in [0.15, 0.2) is 12.2 Å². The predicted octanol–water partition coefficient (Wildman–Crippen LogP) is 2.25. The van der Waals surface area contributed by atoms with Gasteiger partial charge in [0, 0.05) is 0 Å². The summed E-state index contributed by atoms with van der Waals surface area (Å²) in [5.41, 5.74) is -1.67. The molecule has 4 unspecified atom stereocenters. The van der Waals surface area contributed by atoms with Crippen LogP contribution in [0.3, 0.4) is 0 Å². The Balaban J connectivity index is 2.45. The van der Waals surface area contributed by atoms with E-state index < -0.39 is 17.3 Å². The van der Waals surface area contributed by atoms with Crippen LogP contribution in [0, 0.1) is 11.8 Å². The van der Waals surface area contributed by atoms with Gasteiger partial charge in [-0.2, -0.15) is 0 Å². The Morgan fingerprint density at radius 2 is 2.06 bits per heavy atom. The highest BCUT2D eigenvalue weighted by molar-refractivity contribution is 4.97. The average Bonchev–Trinajstić information content (AvgIpc) is 2.20. The van der Waals surface area contributed by atoms with E-state index in [1.54, 1.807) is 20.8 Å². The quantitative estimate of drug-likeness (QED) is 0.676. The van der Waals surface area contributed by atoms with E-state index in [2.05, 4.69) is 6.92 Å². The summed E-state index contributed by atoms with van der Waals surface area (Å²) >= 11 is 0. The molecule has 3 heteroatoms. The summed E-state index contributed by atoms with van der Waals surface area (Å²) in [6, 6.07) is 0. The van der Waals surface area contributed by atoms with Gasteiger partial charge in [0.2, 0.25) is 0 Å². The summed E-state index contributed by atoms with van der Waals surface area (Å²) in [6.07, 6.45) is 6.42. The van der Waals surface area contributed by atoms with Crippen LogP contribution in [-0.4, -0.2) is 32.6 Å². The zero-order valence-corrected chi connectivity index (χ0v) is 12.1. The molecule has 1 fully saturated rings. The van der Waals surface area contributed by atoms with Gasteiger partial charge in [-0.3, -0.25) is 0 Å². The van der Waals surface area contributed by atoms with E-state index in [0.29, 0.717) is 24.7 Å². The van der Waals surface area contributed by atoms with Gasteiger partial charge in [-0.05, 0) is 58.3 Å². The molecule has 106 valence electrons. The summed E-state index contributed by atoms with van der Waals surface area (Å²) in [7, 11) is 0. The second-order valence-electron chi connectivity index (χ2n) is 6.68. The van der Waals surface area contributed by atoms with Crippen LogP contribution in [0.1, 0.15) is 53.4 Å². The van der Waals surface area contributed by atoms with Crippen molar-refractivity contribution in [1.29, 1.82) is 0 Å². The summed E-state index contributed by atoms with van der Waals surface area (Å²) in [5.74, 6) is 0.918. The van der Waals surface area contributed by atoms with Gasteiger partial charge in [-0.1, -0.05) is 19.1 Å². The van der Waals surface area contributed by atoms with Crippen molar-refractivity contribution in [1.82, 2.24) is 0 Å². The van der Waals surface area contributed by atoms with Crippen molar-refractivity contribution in [3.8, 4) is 0 Å². The van der Waals surface area contributed by atoms with Gasteiger partial charge in [-0.15, -0.1) is 0 Å². The largest absolute Gasteiger partial charge is 0.390 e. The van der Waals surface area contributed by atoms with Crippen molar-refractivity contribution in [3.63, 3.8) is 0 Å². The smallest absolute Gasteiger partial charge is 0.0877 e. The van der Waals surface area contributed by atoms with Gasteiger partial charge in [0.05, 0.1) is 17.3 Å². The lowest BCUT2D eigenvalue weighted by Crippen LogP contribution is -2.45. The fraction of sp³-hybridized carbons (Fsp3) is 0.867. The Kier molecular flexibility index (Phi) is 4.98. The van der Waals surface area contributed by atoms with Crippen molar-refractivity contribution in [3.05, 3.63) is 12.2 Å². The maximum Gasteiger partial charge on any atom is 0.0877 e. The van der Waals surface area contributed by atoms with Crippen LogP contribution in [0.4, 0.5) is 0 Å². The molecule has 1 saturated carbocycles. The second kappa shape index (κ2) is 5.72. The molecule has 18 heavy (non-hydrogen) atoms. The lowest BCUT2D eigenvalue weighted by molar-refractivity contribution is -0.104. The molecule has 3 N–H and O–H groups in total. The molecule has 0 amide bonds. The molecule has 1 aliphatic rings. The average molecular weight is 256 g/mol. The van der Waals surface area contributed by atoms with Gasteiger partial charge >= 0.3 is 0 Å². The first kappa shape index (κ1) is 15.7. The zero-order valence-electron chi connectivity index (χ0n) is 12.1. The molecule has 0 bridgehead atoms. The highest BCUT2D eigenvalue weighted by Gasteiger charge is 2.38. The molecule has 0 saturated heterocycles. The minimum absolute atomic E-state index is 0.451. The third-order valence-electron chi connectivity index (χ3n) is 4.10. The number of rotatable bonds is 4. The maximum atomic E-state index is 9.93. The summed E-state index contributed by atoms with van der Waals surface area (Å²) in [6.45, 7) is 7.41. The van der Waals surface area contributed by atoms with Gasteiger partial charge in [0.1, 0.15) is 0 Å². The molecular formula is C15H28O3. The Morgan fingerprint density at radius 3 is 2.56 bits per heavy atom. The lowest BCUT2D eigenvalue weighted by Gasteiger charge is -2.39. The zero-order chi connectivity index (χ0) is 14.0. The Morgan fingerprint density at radius 1 is 1.44 bits per heavy atom. The summed E-state index contributed by atoms with van der Waals surface area (Å²) in [4.78, 5) is 0. The molecule has 0 aromatic heterocycles. The fourth-order valence-electron chi connectivity index (χ4n) is 2.58. The van der Waals surface area contributed by atoms with Crippen molar-refractivity contribution in [2.24, 2.45) is 11.8 Å². The molecule has 3 nitrogen and oxygen atoms in total. The first-order valence-corrected chi connectivity index (χ1v) is 6.92. The van der Waals surface area contributed by atoms with Crippen LogP contribution in [0.5, 0.6) is 0 Å². The molecule has 0 aliphatic heterocycles. The Hall–Kier alpha value is -0.380. The van der Waals surface area contributed by atoms with E-state index in [1.165, 1.54) is 0 Å². The normalized spacial score (nSPS) is 35.9. The monoisotopic (exact) mass is 256 g/mol. The van der Waals surface area contributed by atoms with Crippen molar-refractivity contribution >= 4 is 0 Å². The van der Waals surface area contributed by atoms with Crippen LogP contribution >= 0.6 is 0 Å². The number of hydrogen-bond donors (Lipinski definition) is 3. The van der Waals surface area contributed by atoms with E-state index in [-0.39, 0.29) is 0 Å². The van der Waals surface area contributed by atoms with E-state index in [9.17, 15) is 15.3 Å². The molecule has 4 atom stereocenters. The van der Waals surface area contributed by atoms with Gasteiger partial charge in [0.15, 0.2) is 0 Å². The number of allylic oxidation sites excluding steroid dienone is 1. The molecule has 0 heterocycles. The topological polar surface area (TPSA) is 60.7 Å². The molecule has 1 rings (SSSR count). The van der Waals surface area contributed by atoms with E-state index in [1.807, 2.05) is 12.2 Å². The molecule has 0 aromatic carbocycles. The third kappa shape index (κ3) is 4.71. The van der Waals surface area contributed by atoms with E-state index >= 15 is 0 Å². The van der Waals surface area contributed by atoms with E-state index in [4.69, 9.17) is 0 Å². The molecular weight excluding hydrogens is 228 g/mol. The number of aliphatic hydroxyl groups excluding tert-OH is 1.